The second kappa shape index (κ2) is 4.52. The van der Waals surface area contributed by atoms with Crippen molar-refractivity contribution in [3.05, 3.63) is 41.8 Å². The summed E-state index contributed by atoms with van der Waals surface area (Å²) in [4.78, 5) is 10.9. The van der Waals surface area contributed by atoms with Crippen molar-refractivity contribution < 1.29 is 23.1 Å². The standard InChI is InChI=1S/C11H7F3N2O2/c12-7-3-1-6(2-4-7)9-8(10(17)18)5-16(15-9)11(13)14/h1-5,11H,(H,17,18). The lowest BCUT2D eigenvalue weighted by atomic mass is 10.1. The molecule has 0 amide bonds. The van der Waals surface area contributed by atoms with Crippen molar-refractivity contribution in [1.82, 2.24) is 9.78 Å². The molecule has 0 fully saturated rings. The molecule has 0 aliphatic heterocycles. The maximum atomic E-state index is 12.7. The number of carbonyl (C=O) groups is 1. The van der Waals surface area contributed by atoms with E-state index in [9.17, 15) is 18.0 Å². The number of alkyl halides is 2. The van der Waals surface area contributed by atoms with Gasteiger partial charge in [0, 0.05) is 11.8 Å². The Kier molecular flexibility index (Phi) is 3.05. The van der Waals surface area contributed by atoms with Crippen LogP contribution in [0.3, 0.4) is 0 Å². The molecular weight excluding hydrogens is 249 g/mol. The lowest BCUT2D eigenvalue weighted by Gasteiger charge is -1.99. The maximum Gasteiger partial charge on any atom is 0.339 e. The summed E-state index contributed by atoms with van der Waals surface area (Å²) in [6.45, 7) is -2.93. The van der Waals surface area contributed by atoms with E-state index in [1.165, 1.54) is 12.1 Å². The molecule has 0 unspecified atom stereocenters. The van der Waals surface area contributed by atoms with Gasteiger partial charge in [0.15, 0.2) is 0 Å². The SMILES string of the molecule is O=C(O)c1cn(C(F)F)nc1-c1ccc(F)cc1. The molecular formula is C11H7F3N2O2. The molecule has 2 aromatic rings. The molecule has 0 spiro atoms. The van der Waals surface area contributed by atoms with Crippen LogP contribution in [0.25, 0.3) is 11.3 Å². The van der Waals surface area contributed by atoms with Crippen LogP contribution in [0.2, 0.25) is 0 Å². The predicted molar refractivity (Wildman–Crippen MR) is 55.8 cm³/mol. The normalized spacial score (nSPS) is 10.9. The van der Waals surface area contributed by atoms with Gasteiger partial charge in [-0.2, -0.15) is 13.9 Å². The van der Waals surface area contributed by atoms with Gasteiger partial charge >= 0.3 is 12.5 Å². The van der Waals surface area contributed by atoms with Crippen molar-refractivity contribution in [3.8, 4) is 11.3 Å². The molecule has 1 aromatic carbocycles. The van der Waals surface area contributed by atoms with Crippen molar-refractivity contribution in [2.24, 2.45) is 0 Å². The van der Waals surface area contributed by atoms with Gasteiger partial charge in [-0.25, -0.2) is 13.9 Å². The molecule has 0 bridgehead atoms. The van der Waals surface area contributed by atoms with E-state index in [1.807, 2.05) is 0 Å². The van der Waals surface area contributed by atoms with Crippen LogP contribution in [0, 0.1) is 5.82 Å². The van der Waals surface area contributed by atoms with Crippen molar-refractivity contribution in [3.63, 3.8) is 0 Å². The van der Waals surface area contributed by atoms with E-state index in [4.69, 9.17) is 5.11 Å². The van der Waals surface area contributed by atoms with Crippen molar-refractivity contribution in [2.45, 2.75) is 6.55 Å². The van der Waals surface area contributed by atoms with Crippen LogP contribution >= 0.6 is 0 Å². The van der Waals surface area contributed by atoms with Crippen LogP contribution in [-0.4, -0.2) is 20.9 Å². The second-order valence-electron chi connectivity index (χ2n) is 3.46. The van der Waals surface area contributed by atoms with Crippen LogP contribution in [0.15, 0.2) is 30.5 Å². The van der Waals surface area contributed by atoms with Gasteiger partial charge in [-0.05, 0) is 24.3 Å². The smallest absolute Gasteiger partial charge is 0.339 e. The third-order valence-electron chi connectivity index (χ3n) is 2.28. The Morgan fingerprint density at radius 2 is 1.89 bits per heavy atom. The number of benzene rings is 1. The molecule has 0 radical (unpaired) electrons. The van der Waals surface area contributed by atoms with Gasteiger partial charge in [-0.15, -0.1) is 0 Å². The van der Waals surface area contributed by atoms with Gasteiger partial charge in [-0.1, -0.05) is 0 Å². The predicted octanol–water partition coefficient (Wildman–Crippen LogP) is 2.78. The minimum atomic E-state index is -2.93. The van der Waals surface area contributed by atoms with Crippen molar-refractivity contribution in [2.75, 3.05) is 0 Å². The second-order valence-corrected chi connectivity index (χ2v) is 3.46. The van der Waals surface area contributed by atoms with Gasteiger partial charge in [0.2, 0.25) is 0 Å². The quantitative estimate of drug-likeness (QED) is 0.918. The number of aromatic nitrogens is 2. The summed E-state index contributed by atoms with van der Waals surface area (Å²) in [6.07, 6.45) is 0.742. The Bertz CT molecular complexity index is 578. The highest BCUT2D eigenvalue weighted by Crippen LogP contribution is 2.24. The summed E-state index contributed by atoms with van der Waals surface area (Å²) in [5.41, 5.74) is -0.224. The molecule has 0 aliphatic rings. The fourth-order valence-corrected chi connectivity index (χ4v) is 1.47. The van der Waals surface area contributed by atoms with Gasteiger partial charge in [0.25, 0.3) is 0 Å². The zero-order chi connectivity index (χ0) is 13.3. The molecule has 1 heterocycles. The van der Waals surface area contributed by atoms with E-state index in [1.54, 1.807) is 0 Å². The first-order chi connectivity index (χ1) is 8.49. The minimum absolute atomic E-state index is 0.122. The van der Waals surface area contributed by atoms with E-state index >= 15 is 0 Å². The Morgan fingerprint density at radius 1 is 1.28 bits per heavy atom. The largest absolute Gasteiger partial charge is 0.478 e. The highest BCUT2D eigenvalue weighted by Gasteiger charge is 2.20. The number of rotatable bonds is 3. The lowest BCUT2D eigenvalue weighted by molar-refractivity contribution is 0.0565. The highest BCUT2D eigenvalue weighted by atomic mass is 19.3. The monoisotopic (exact) mass is 256 g/mol. The Morgan fingerprint density at radius 3 is 2.39 bits per heavy atom. The molecule has 4 nitrogen and oxygen atoms in total. The average molecular weight is 256 g/mol. The maximum absolute atomic E-state index is 12.7. The number of nitrogens with zero attached hydrogens (tertiary/aromatic N) is 2. The molecule has 94 valence electrons. The molecule has 1 aromatic heterocycles. The summed E-state index contributed by atoms with van der Waals surface area (Å²) in [5, 5.41) is 12.4. The number of carboxylic acids is 1. The van der Waals surface area contributed by atoms with Crippen LogP contribution in [0.4, 0.5) is 13.2 Å². The molecule has 0 atom stereocenters. The number of hydrogen-bond donors (Lipinski definition) is 1. The molecule has 2 rings (SSSR count). The molecule has 0 aliphatic carbocycles. The van der Waals surface area contributed by atoms with E-state index < -0.39 is 18.3 Å². The Labute approximate surface area is 99.3 Å². The average Bonchev–Trinajstić information content (AvgIpc) is 2.75. The third kappa shape index (κ3) is 2.20. The van der Waals surface area contributed by atoms with Crippen LogP contribution in [0.1, 0.15) is 16.9 Å². The van der Waals surface area contributed by atoms with Gasteiger partial charge in [0.1, 0.15) is 17.1 Å². The summed E-state index contributed by atoms with van der Waals surface area (Å²) < 4.78 is 37.9. The van der Waals surface area contributed by atoms with E-state index in [-0.39, 0.29) is 21.5 Å². The minimum Gasteiger partial charge on any atom is -0.478 e. The highest BCUT2D eigenvalue weighted by molar-refractivity contribution is 5.94. The van der Waals surface area contributed by atoms with E-state index in [0.717, 1.165) is 18.3 Å². The summed E-state index contributed by atoms with van der Waals surface area (Å²) in [6, 6.07) is 4.75. The summed E-state index contributed by atoms with van der Waals surface area (Å²) in [5.74, 6) is -1.88. The summed E-state index contributed by atoms with van der Waals surface area (Å²) >= 11 is 0. The van der Waals surface area contributed by atoms with E-state index in [2.05, 4.69) is 5.10 Å². The van der Waals surface area contributed by atoms with Gasteiger partial charge < -0.3 is 5.11 Å². The molecule has 18 heavy (non-hydrogen) atoms. The molecule has 0 saturated carbocycles. The lowest BCUT2D eigenvalue weighted by Crippen LogP contribution is -1.98. The summed E-state index contributed by atoms with van der Waals surface area (Å²) in [7, 11) is 0. The molecule has 1 N–H and O–H groups in total. The van der Waals surface area contributed by atoms with Crippen LogP contribution in [-0.2, 0) is 0 Å². The Hall–Kier alpha value is -2.31. The number of carboxylic acid groups (broad SMARTS) is 1. The fraction of sp³-hybridized carbons (Fsp3) is 0.0909. The van der Waals surface area contributed by atoms with Crippen molar-refractivity contribution in [1.29, 1.82) is 0 Å². The van der Waals surface area contributed by atoms with Crippen molar-refractivity contribution >= 4 is 5.97 Å². The van der Waals surface area contributed by atoms with E-state index in [0.29, 0.717) is 0 Å². The van der Waals surface area contributed by atoms with Crippen LogP contribution < -0.4 is 0 Å². The van der Waals surface area contributed by atoms with Crippen LogP contribution in [0.5, 0.6) is 0 Å². The Balaban J connectivity index is 2.55. The molecule has 0 saturated heterocycles. The van der Waals surface area contributed by atoms with Gasteiger partial charge in [0.05, 0.1) is 0 Å². The number of aromatic carboxylic acids is 1. The zero-order valence-electron chi connectivity index (χ0n) is 8.85. The number of halogens is 3. The first kappa shape index (κ1) is 12.2. The number of hydrogen-bond acceptors (Lipinski definition) is 2. The first-order valence-corrected chi connectivity index (χ1v) is 4.85. The molecule has 7 heteroatoms. The topological polar surface area (TPSA) is 55.1 Å². The first-order valence-electron chi connectivity index (χ1n) is 4.85. The fourth-order valence-electron chi connectivity index (χ4n) is 1.47. The third-order valence-corrected chi connectivity index (χ3v) is 2.28. The van der Waals surface area contributed by atoms with Gasteiger partial charge in [-0.3, -0.25) is 0 Å². The zero-order valence-corrected chi connectivity index (χ0v) is 8.85.